The number of aliphatic hydroxyl groups excluding tert-OH is 2. The maximum absolute atomic E-state index is 9.88. The molecule has 0 fully saturated rings. The van der Waals surface area contributed by atoms with E-state index in [1.54, 1.807) is 0 Å². The van der Waals surface area contributed by atoms with Crippen LogP contribution in [0.3, 0.4) is 0 Å². The summed E-state index contributed by atoms with van der Waals surface area (Å²) in [5, 5.41) is 18.2. The monoisotopic (exact) mass is 261 g/mol. The molecule has 0 aromatic rings. The lowest BCUT2D eigenvalue weighted by Crippen LogP contribution is -2.31. The fourth-order valence-electron chi connectivity index (χ4n) is 1.07. The Balaban J connectivity index is 3.97. The summed E-state index contributed by atoms with van der Waals surface area (Å²) >= 11 is 0. The highest BCUT2D eigenvalue weighted by molar-refractivity contribution is 5.32. The molecule has 0 bridgehead atoms. The van der Waals surface area contributed by atoms with Crippen LogP contribution in [0.2, 0.25) is 0 Å². The van der Waals surface area contributed by atoms with Gasteiger partial charge >= 0.3 is 0 Å². The van der Waals surface area contributed by atoms with Gasteiger partial charge in [-0.05, 0) is 0 Å². The van der Waals surface area contributed by atoms with Crippen molar-refractivity contribution in [3.8, 4) is 0 Å². The second kappa shape index (κ2) is 7.61. The van der Waals surface area contributed by atoms with Gasteiger partial charge in [-0.1, -0.05) is 27.7 Å². The van der Waals surface area contributed by atoms with Crippen molar-refractivity contribution < 1.29 is 24.5 Å². The minimum atomic E-state index is -1.48. The van der Waals surface area contributed by atoms with Crippen LogP contribution < -0.4 is 0 Å². The van der Waals surface area contributed by atoms with E-state index < -0.39 is 6.41 Å². The Morgan fingerprint density at radius 1 is 1.17 bits per heavy atom. The first-order chi connectivity index (χ1) is 8.22. The molecule has 0 aliphatic carbocycles. The number of rotatable bonds is 9. The average molecular weight is 261 g/mol. The maximum Gasteiger partial charge on any atom is 0.266 e. The minimum Gasteiger partial charge on any atom is -0.396 e. The van der Waals surface area contributed by atoms with Gasteiger partial charge < -0.3 is 19.7 Å². The molecule has 0 aromatic heterocycles. The number of hydrogen-bond donors (Lipinski definition) is 2. The van der Waals surface area contributed by atoms with Crippen molar-refractivity contribution >= 4 is 6.08 Å². The predicted octanol–water partition coefficient (Wildman–Crippen LogP) is 0.676. The zero-order valence-corrected chi connectivity index (χ0v) is 11.5. The van der Waals surface area contributed by atoms with Gasteiger partial charge in [-0.15, -0.1) is 4.99 Å². The zero-order valence-electron chi connectivity index (χ0n) is 11.5. The van der Waals surface area contributed by atoms with Gasteiger partial charge in [-0.25, -0.2) is 4.79 Å². The lowest BCUT2D eigenvalue weighted by Gasteiger charge is -2.28. The first-order valence-electron chi connectivity index (χ1n) is 5.78. The normalized spacial score (nSPS) is 14.1. The van der Waals surface area contributed by atoms with Crippen LogP contribution in [0.15, 0.2) is 4.99 Å². The molecule has 6 heteroatoms. The molecule has 0 spiro atoms. The van der Waals surface area contributed by atoms with Crippen LogP contribution in [0.1, 0.15) is 27.7 Å². The van der Waals surface area contributed by atoms with Gasteiger partial charge in [0.05, 0.1) is 26.4 Å². The summed E-state index contributed by atoms with van der Waals surface area (Å²) in [5.74, 6) is 0. The summed E-state index contributed by atoms with van der Waals surface area (Å²) in [5.41, 5.74) is -0.608. The second-order valence-corrected chi connectivity index (χ2v) is 5.84. The van der Waals surface area contributed by atoms with Crippen LogP contribution in [-0.2, 0) is 14.3 Å². The molecule has 18 heavy (non-hydrogen) atoms. The van der Waals surface area contributed by atoms with Gasteiger partial charge in [-0.3, -0.25) is 0 Å². The summed E-state index contributed by atoms with van der Waals surface area (Å²) < 4.78 is 10.5. The van der Waals surface area contributed by atoms with Crippen molar-refractivity contribution in [2.45, 2.75) is 34.1 Å². The van der Waals surface area contributed by atoms with E-state index in [4.69, 9.17) is 19.7 Å². The number of nitrogens with zero attached hydrogens (tertiary/aromatic N) is 1. The predicted molar refractivity (Wildman–Crippen MR) is 65.5 cm³/mol. The molecule has 0 saturated heterocycles. The van der Waals surface area contributed by atoms with Crippen LogP contribution in [0.25, 0.3) is 0 Å². The third-order valence-electron chi connectivity index (χ3n) is 2.20. The molecule has 0 aliphatic heterocycles. The standard InChI is InChI=1S/C12H23NO5/c1-11(2,5-14)6-17-7-12(3,4)8-18-10(16)13-9-15/h10,14,16H,5-8H2,1-4H3. The highest BCUT2D eigenvalue weighted by Crippen LogP contribution is 2.20. The fourth-order valence-corrected chi connectivity index (χ4v) is 1.07. The molecule has 6 nitrogen and oxygen atoms in total. The molecule has 0 radical (unpaired) electrons. The molecule has 0 rings (SSSR count). The Bertz CT molecular complexity index is 284. The molecule has 0 amide bonds. The Labute approximate surface area is 108 Å². The highest BCUT2D eigenvalue weighted by atomic mass is 16.6. The van der Waals surface area contributed by atoms with Gasteiger partial charge in [0, 0.05) is 10.8 Å². The van der Waals surface area contributed by atoms with Crippen LogP contribution in [0, 0.1) is 10.8 Å². The summed E-state index contributed by atoms with van der Waals surface area (Å²) in [6.07, 6.45) is -0.261. The van der Waals surface area contributed by atoms with Crippen molar-refractivity contribution in [1.82, 2.24) is 0 Å². The van der Waals surface area contributed by atoms with E-state index in [9.17, 15) is 4.79 Å². The maximum atomic E-state index is 9.88. The van der Waals surface area contributed by atoms with Gasteiger partial charge in [0.1, 0.15) is 0 Å². The Morgan fingerprint density at radius 3 is 2.22 bits per heavy atom. The number of carbonyl (C=O) groups excluding carboxylic acids is 1. The number of ether oxygens (including phenoxy) is 2. The molecule has 0 saturated carbocycles. The molecule has 0 heterocycles. The van der Waals surface area contributed by atoms with E-state index in [-0.39, 0.29) is 24.0 Å². The van der Waals surface area contributed by atoms with Crippen molar-refractivity contribution in [2.75, 3.05) is 26.4 Å². The third kappa shape index (κ3) is 8.33. The third-order valence-corrected chi connectivity index (χ3v) is 2.20. The molecule has 2 N–H and O–H groups in total. The molecular formula is C12H23NO5. The largest absolute Gasteiger partial charge is 0.396 e. The van der Waals surface area contributed by atoms with Gasteiger partial charge in [0.25, 0.3) is 6.41 Å². The first kappa shape index (κ1) is 17.2. The van der Waals surface area contributed by atoms with E-state index in [0.717, 1.165) is 0 Å². The van der Waals surface area contributed by atoms with Gasteiger partial charge in [0.15, 0.2) is 0 Å². The van der Waals surface area contributed by atoms with E-state index in [1.807, 2.05) is 27.7 Å². The fraction of sp³-hybridized carbons (Fsp3) is 0.917. The van der Waals surface area contributed by atoms with Crippen molar-refractivity contribution in [1.29, 1.82) is 0 Å². The minimum absolute atomic E-state index is 0.0523. The van der Waals surface area contributed by atoms with Crippen LogP contribution in [0.4, 0.5) is 0 Å². The van der Waals surface area contributed by atoms with Crippen LogP contribution in [0.5, 0.6) is 0 Å². The SMILES string of the molecule is CC(C)(CO)COCC(C)(C)COC(O)N=C=O. The molecule has 1 unspecified atom stereocenters. The van der Waals surface area contributed by atoms with E-state index >= 15 is 0 Å². The highest BCUT2D eigenvalue weighted by Gasteiger charge is 2.23. The molecule has 0 aliphatic rings. The lowest BCUT2D eigenvalue weighted by molar-refractivity contribution is -0.127. The zero-order chi connectivity index (χ0) is 14.2. The van der Waals surface area contributed by atoms with Crippen molar-refractivity contribution in [2.24, 2.45) is 15.8 Å². The summed E-state index contributed by atoms with van der Waals surface area (Å²) in [6, 6.07) is 0. The summed E-state index contributed by atoms with van der Waals surface area (Å²) in [4.78, 5) is 12.9. The number of isocyanates is 1. The lowest BCUT2D eigenvalue weighted by atomic mass is 9.94. The topological polar surface area (TPSA) is 88.3 Å². The second-order valence-electron chi connectivity index (χ2n) is 5.84. The summed E-state index contributed by atoms with van der Waals surface area (Å²) in [6.45, 7) is 8.69. The van der Waals surface area contributed by atoms with Gasteiger partial charge in [0.2, 0.25) is 6.08 Å². The van der Waals surface area contributed by atoms with Gasteiger partial charge in [-0.2, -0.15) is 0 Å². The number of aliphatic hydroxyl groups is 2. The van der Waals surface area contributed by atoms with E-state index in [0.29, 0.717) is 13.2 Å². The molecular weight excluding hydrogens is 238 g/mol. The molecule has 0 aromatic carbocycles. The number of hydrogen-bond acceptors (Lipinski definition) is 6. The van der Waals surface area contributed by atoms with Crippen LogP contribution >= 0.6 is 0 Å². The van der Waals surface area contributed by atoms with E-state index in [1.165, 1.54) is 6.08 Å². The Kier molecular flexibility index (Phi) is 7.28. The molecule has 1 atom stereocenters. The first-order valence-corrected chi connectivity index (χ1v) is 5.78. The Hall–Kier alpha value is -0.780. The van der Waals surface area contributed by atoms with Crippen molar-refractivity contribution in [3.63, 3.8) is 0 Å². The average Bonchev–Trinajstić information content (AvgIpc) is 2.26. The van der Waals surface area contributed by atoms with Crippen LogP contribution in [-0.4, -0.2) is 49.1 Å². The van der Waals surface area contributed by atoms with E-state index in [2.05, 4.69) is 4.99 Å². The smallest absolute Gasteiger partial charge is 0.266 e. The Morgan fingerprint density at radius 2 is 1.72 bits per heavy atom. The summed E-state index contributed by atoms with van der Waals surface area (Å²) in [7, 11) is 0. The number of aliphatic imine (C=N–C) groups is 1. The quantitative estimate of drug-likeness (QED) is 0.362. The van der Waals surface area contributed by atoms with Crippen molar-refractivity contribution in [3.05, 3.63) is 0 Å². The molecule has 106 valence electrons.